The molecule has 1 atom stereocenters. The molecule has 29 heavy (non-hydrogen) atoms. The molecule has 1 aromatic heterocycles. The lowest BCUT2D eigenvalue weighted by molar-refractivity contribution is -0.687. The maximum absolute atomic E-state index is 12.6. The number of primary amides is 1. The SMILES string of the molecule is CCOC(=O)c1c(NC(=O)C[NH2+][C@H]2CCCc3ccccc32)sc(C(N)=O)c1C. The maximum atomic E-state index is 12.6. The summed E-state index contributed by atoms with van der Waals surface area (Å²) in [6.45, 7) is 3.74. The predicted octanol–water partition coefficient (Wildman–Crippen LogP) is 1.91. The van der Waals surface area contributed by atoms with E-state index in [9.17, 15) is 14.4 Å². The van der Waals surface area contributed by atoms with E-state index >= 15 is 0 Å². The number of anilines is 1. The molecule has 1 heterocycles. The Bertz CT molecular complexity index is 938. The molecule has 0 fully saturated rings. The fourth-order valence-electron chi connectivity index (χ4n) is 3.75. The molecule has 2 aromatic rings. The van der Waals surface area contributed by atoms with E-state index in [4.69, 9.17) is 10.5 Å². The third-order valence-corrected chi connectivity index (χ3v) is 6.33. The molecule has 0 saturated heterocycles. The Morgan fingerprint density at radius 2 is 2.07 bits per heavy atom. The van der Waals surface area contributed by atoms with Gasteiger partial charge in [-0.3, -0.25) is 9.59 Å². The molecule has 7 nitrogen and oxygen atoms in total. The van der Waals surface area contributed by atoms with Crippen LogP contribution < -0.4 is 16.4 Å². The zero-order valence-corrected chi connectivity index (χ0v) is 17.4. The van der Waals surface area contributed by atoms with Crippen LogP contribution in [0.15, 0.2) is 24.3 Å². The van der Waals surface area contributed by atoms with Gasteiger partial charge in [0.1, 0.15) is 11.0 Å². The van der Waals surface area contributed by atoms with Crippen LogP contribution in [0.25, 0.3) is 0 Å². The van der Waals surface area contributed by atoms with E-state index in [1.54, 1.807) is 13.8 Å². The predicted molar refractivity (Wildman–Crippen MR) is 111 cm³/mol. The normalized spacial score (nSPS) is 15.4. The first-order valence-corrected chi connectivity index (χ1v) is 10.5. The Morgan fingerprint density at radius 3 is 2.79 bits per heavy atom. The molecule has 1 aliphatic rings. The molecule has 1 aromatic carbocycles. The van der Waals surface area contributed by atoms with Gasteiger partial charge >= 0.3 is 5.97 Å². The van der Waals surface area contributed by atoms with Gasteiger partial charge in [-0.2, -0.15) is 0 Å². The number of benzene rings is 1. The van der Waals surface area contributed by atoms with Crippen molar-refractivity contribution in [2.45, 2.75) is 39.2 Å². The fraction of sp³-hybridized carbons (Fsp3) is 0.381. The monoisotopic (exact) mass is 416 g/mol. The average molecular weight is 417 g/mol. The van der Waals surface area contributed by atoms with Crippen LogP contribution in [-0.4, -0.2) is 30.9 Å². The number of fused-ring (bicyclic) bond motifs is 1. The number of amides is 2. The first-order valence-electron chi connectivity index (χ1n) is 9.73. The van der Waals surface area contributed by atoms with Crippen molar-refractivity contribution in [2.24, 2.45) is 5.73 Å². The maximum Gasteiger partial charge on any atom is 0.341 e. The summed E-state index contributed by atoms with van der Waals surface area (Å²) in [4.78, 5) is 36.8. The second-order valence-electron chi connectivity index (χ2n) is 7.03. The van der Waals surface area contributed by atoms with E-state index < -0.39 is 11.9 Å². The van der Waals surface area contributed by atoms with Crippen molar-refractivity contribution in [2.75, 3.05) is 18.5 Å². The largest absolute Gasteiger partial charge is 0.462 e. The standard InChI is InChI=1S/C21H25N3O4S/c1-3-28-21(27)17-12(2)18(19(22)26)29-20(17)24-16(25)11-23-15-10-6-8-13-7-4-5-9-14(13)15/h4-5,7,9,15,23H,3,6,8,10-11H2,1-2H3,(H2,22,26)(H,24,25)/p+1/t15-/m0/s1. The number of hydrogen-bond donors (Lipinski definition) is 3. The first-order chi connectivity index (χ1) is 13.9. The summed E-state index contributed by atoms with van der Waals surface area (Å²) < 4.78 is 5.07. The van der Waals surface area contributed by atoms with Crippen molar-refractivity contribution in [1.82, 2.24) is 0 Å². The highest BCUT2D eigenvalue weighted by atomic mass is 32.1. The van der Waals surface area contributed by atoms with Gasteiger partial charge < -0.3 is 21.1 Å². The van der Waals surface area contributed by atoms with Crippen LogP contribution >= 0.6 is 11.3 Å². The van der Waals surface area contributed by atoms with Crippen LogP contribution in [0.4, 0.5) is 5.00 Å². The fourth-order valence-corrected chi connectivity index (χ4v) is 4.81. The molecule has 0 aliphatic heterocycles. The molecule has 3 rings (SSSR count). The summed E-state index contributed by atoms with van der Waals surface area (Å²) in [5.41, 5.74) is 8.65. The first kappa shape index (κ1) is 21.0. The quantitative estimate of drug-likeness (QED) is 0.598. The van der Waals surface area contributed by atoms with Crippen LogP contribution in [-0.2, 0) is 16.0 Å². The summed E-state index contributed by atoms with van der Waals surface area (Å²) in [6.07, 6.45) is 3.18. The number of aryl methyl sites for hydroxylation is 1. The minimum absolute atomic E-state index is 0.196. The summed E-state index contributed by atoms with van der Waals surface area (Å²) in [5, 5.41) is 5.09. The van der Waals surface area contributed by atoms with Crippen molar-refractivity contribution < 1.29 is 24.4 Å². The van der Waals surface area contributed by atoms with Gasteiger partial charge in [-0.25, -0.2) is 4.79 Å². The topological polar surface area (TPSA) is 115 Å². The van der Waals surface area contributed by atoms with Crippen molar-refractivity contribution in [3.05, 3.63) is 51.4 Å². The summed E-state index contributed by atoms with van der Waals surface area (Å²) in [6, 6.07) is 8.56. The Balaban J connectivity index is 1.72. The number of quaternary nitrogens is 1. The van der Waals surface area contributed by atoms with E-state index in [-0.39, 0.29) is 35.5 Å². The molecular formula is C21H26N3O4S+. The van der Waals surface area contributed by atoms with E-state index in [0.717, 1.165) is 30.6 Å². The van der Waals surface area contributed by atoms with E-state index in [0.29, 0.717) is 10.6 Å². The number of ether oxygens (including phenoxy) is 1. The number of thiophene rings is 1. The highest BCUT2D eigenvalue weighted by Gasteiger charge is 2.27. The van der Waals surface area contributed by atoms with Gasteiger partial charge in [-0.15, -0.1) is 11.3 Å². The van der Waals surface area contributed by atoms with Crippen LogP contribution in [0.2, 0.25) is 0 Å². The number of nitrogens with one attached hydrogen (secondary N) is 1. The number of carbonyl (C=O) groups excluding carboxylic acids is 3. The zero-order chi connectivity index (χ0) is 21.0. The lowest BCUT2D eigenvalue weighted by Crippen LogP contribution is -2.87. The van der Waals surface area contributed by atoms with Crippen molar-refractivity contribution in [3.63, 3.8) is 0 Å². The van der Waals surface area contributed by atoms with E-state index in [1.165, 1.54) is 11.1 Å². The molecule has 0 spiro atoms. The van der Waals surface area contributed by atoms with Crippen LogP contribution in [0.3, 0.4) is 0 Å². The van der Waals surface area contributed by atoms with Gasteiger partial charge in [0.2, 0.25) is 0 Å². The highest BCUT2D eigenvalue weighted by molar-refractivity contribution is 7.18. The lowest BCUT2D eigenvalue weighted by atomic mass is 9.88. The Morgan fingerprint density at radius 1 is 1.31 bits per heavy atom. The molecule has 0 radical (unpaired) electrons. The molecule has 1 aliphatic carbocycles. The van der Waals surface area contributed by atoms with Gasteiger partial charge in [0.05, 0.1) is 17.0 Å². The Kier molecular flexibility index (Phi) is 6.66. The Hall–Kier alpha value is -2.71. The molecule has 154 valence electrons. The molecule has 2 amide bonds. The summed E-state index contributed by atoms with van der Waals surface area (Å²) in [7, 11) is 0. The molecular weight excluding hydrogens is 390 g/mol. The number of rotatable bonds is 7. The third kappa shape index (κ3) is 4.65. The van der Waals surface area contributed by atoms with Crippen molar-refractivity contribution >= 4 is 34.1 Å². The van der Waals surface area contributed by atoms with E-state index in [2.05, 4.69) is 17.4 Å². The molecule has 0 saturated carbocycles. The summed E-state index contributed by atoms with van der Waals surface area (Å²) in [5.74, 6) is -1.45. The molecule has 0 bridgehead atoms. The van der Waals surface area contributed by atoms with Gasteiger partial charge in [0, 0.05) is 12.0 Å². The minimum Gasteiger partial charge on any atom is -0.462 e. The van der Waals surface area contributed by atoms with Gasteiger partial charge in [0.25, 0.3) is 11.8 Å². The van der Waals surface area contributed by atoms with Crippen LogP contribution in [0, 0.1) is 6.92 Å². The zero-order valence-electron chi connectivity index (χ0n) is 16.6. The number of esters is 1. The van der Waals surface area contributed by atoms with Gasteiger partial charge in [0.15, 0.2) is 6.54 Å². The Labute approximate surface area is 173 Å². The molecule has 5 N–H and O–H groups in total. The van der Waals surface area contributed by atoms with Gasteiger partial charge in [-0.1, -0.05) is 24.3 Å². The molecule has 0 unspecified atom stereocenters. The number of hydrogen-bond acceptors (Lipinski definition) is 5. The number of nitrogens with two attached hydrogens (primary N) is 2. The van der Waals surface area contributed by atoms with Crippen LogP contribution in [0.5, 0.6) is 0 Å². The van der Waals surface area contributed by atoms with Crippen molar-refractivity contribution in [3.8, 4) is 0 Å². The summed E-state index contributed by atoms with van der Waals surface area (Å²) >= 11 is 1.01. The van der Waals surface area contributed by atoms with E-state index in [1.807, 2.05) is 17.4 Å². The molecule has 8 heteroatoms. The second kappa shape index (κ2) is 9.19. The second-order valence-corrected chi connectivity index (χ2v) is 8.05. The van der Waals surface area contributed by atoms with Gasteiger partial charge in [-0.05, 0) is 37.8 Å². The smallest absolute Gasteiger partial charge is 0.341 e. The average Bonchev–Trinajstić information content (AvgIpc) is 3.02. The highest BCUT2D eigenvalue weighted by Crippen LogP contribution is 2.33. The lowest BCUT2D eigenvalue weighted by Gasteiger charge is -2.23. The minimum atomic E-state index is -0.635. The van der Waals surface area contributed by atoms with Crippen molar-refractivity contribution in [1.29, 1.82) is 0 Å². The third-order valence-electron chi connectivity index (χ3n) is 5.11. The van der Waals surface area contributed by atoms with Crippen LogP contribution in [0.1, 0.15) is 62.5 Å². The number of carbonyl (C=O) groups is 3.